The standard InChI is InChI=1S/C19H17ClN2O2S/c20-17-6-2-1-5-16(17)19-21-13(12-25-19)10-18(23)22(14-7-8-14)11-15-4-3-9-24-15/h1-6,9,12,14H,7-8,10-11H2. The molecule has 1 aromatic carbocycles. The first kappa shape index (κ1) is 16.4. The third kappa shape index (κ3) is 3.78. The number of furan rings is 1. The lowest BCUT2D eigenvalue weighted by atomic mass is 10.2. The van der Waals surface area contributed by atoms with Crippen LogP contribution < -0.4 is 0 Å². The largest absolute Gasteiger partial charge is 0.467 e. The number of aromatic nitrogens is 1. The third-order valence-corrected chi connectivity index (χ3v) is 5.46. The highest BCUT2D eigenvalue weighted by Crippen LogP contribution is 2.32. The monoisotopic (exact) mass is 372 g/mol. The van der Waals surface area contributed by atoms with Crippen LogP contribution in [0.25, 0.3) is 10.6 Å². The van der Waals surface area contributed by atoms with Crippen LogP contribution in [0.4, 0.5) is 0 Å². The van der Waals surface area contributed by atoms with E-state index in [1.54, 1.807) is 6.26 Å². The fraction of sp³-hybridized carbons (Fsp3) is 0.263. The maximum absolute atomic E-state index is 12.8. The van der Waals surface area contributed by atoms with Crippen LogP contribution >= 0.6 is 22.9 Å². The second kappa shape index (κ2) is 7.02. The fourth-order valence-electron chi connectivity index (χ4n) is 2.78. The van der Waals surface area contributed by atoms with E-state index in [1.807, 2.05) is 46.7 Å². The van der Waals surface area contributed by atoms with Gasteiger partial charge in [0.15, 0.2) is 0 Å². The Morgan fingerprint density at radius 2 is 2.12 bits per heavy atom. The van der Waals surface area contributed by atoms with Crippen molar-refractivity contribution in [2.45, 2.75) is 31.8 Å². The molecule has 4 rings (SSSR count). The van der Waals surface area contributed by atoms with Crippen molar-refractivity contribution >= 4 is 28.8 Å². The molecular weight excluding hydrogens is 356 g/mol. The zero-order valence-electron chi connectivity index (χ0n) is 13.5. The van der Waals surface area contributed by atoms with Gasteiger partial charge in [-0.1, -0.05) is 29.8 Å². The Hall–Kier alpha value is -2.11. The minimum Gasteiger partial charge on any atom is -0.467 e. The summed E-state index contributed by atoms with van der Waals surface area (Å²) in [5.41, 5.74) is 1.69. The van der Waals surface area contributed by atoms with Gasteiger partial charge < -0.3 is 9.32 Å². The number of hydrogen-bond donors (Lipinski definition) is 0. The first-order valence-corrected chi connectivity index (χ1v) is 9.47. The molecule has 2 heterocycles. The van der Waals surface area contributed by atoms with Gasteiger partial charge in [-0.25, -0.2) is 4.98 Å². The van der Waals surface area contributed by atoms with E-state index in [1.165, 1.54) is 11.3 Å². The Morgan fingerprint density at radius 1 is 1.28 bits per heavy atom. The van der Waals surface area contributed by atoms with E-state index in [-0.39, 0.29) is 5.91 Å². The van der Waals surface area contributed by atoms with Crippen LogP contribution in [-0.4, -0.2) is 21.8 Å². The van der Waals surface area contributed by atoms with Crippen molar-refractivity contribution in [2.24, 2.45) is 0 Å². The molecule has 0 unspecified atom stereocenters. The first-order chi connectivity index (χ1) is 12.2. The average molecular weight is 373 g/mol. The lowest BCUT2D eigenvalue weighted by molar-refractivity contribution is -0.132. The summed E-state index contributed by atoms with van der Waals surface area (Å²) in [6.07, 6.45) is 4.07. The van der Waals surface area contributed by atoms with Gasteiger partial charge in [0.25, 0.3) is 0 Å². The highest BCUT2D eigenvalue weighted by molar-refractivity contribution is 7.13. The van der Waals surface area contributed by atoms with Gasteiger partial charge in [-0.15, -0.1) is 11.3 Å². The summed E-state index contributed by atoms with van der Waals surface area (Å²) in [7, 11) is 0. The third-order valence-electron chi connectivity index (χ3n) is 4.20. The van der Waals surface area contributed by atoms with Crippen molar-refractivity contribution in [1.82, 2.24) is 9.88 Å². The van der Waals surface area contributed by atoms with Crippen molar-refractivity contribution in [3.8, 4) is 10.6 Å². The van der Waals surface area contributed by atoms with Crippen LogP contribution in [0.1, 0.15) is 24.3 Å². The molecule has 1 aliphatic rings. The summed E-state index contributed by atoms with van der Waals surface area (Å²) in [4.78, 5) is 19.3. The summed E-state index contributed by atoms with van der Waals surface area (Å²) in [5, 5.41) is 3.46. The second-order valence-corrected chi connectivity index (χ2v) is 7.40. The molecule has 1 amide bonds. The number of nitrogens with zero attached hydrogens (tertiary/aromatic N) is 2. The van der Waals surface area contributed by atoms with E-state index >= 15 is 0 Å². The van der Waals surface area contributed by atoms with Gasteiger partial charge >= 0.3 is 0 Å². The maximum atomic E-state index is 12.8. The summed E-state index contributed by atoms with van der Waals surface area (Å²) in [5.74, 6) is 0.908. The van der Waals surface area contributed by atoms with Gasteiger partial charge in [-0.3, -0.25) is 4.79 Å². The van der Waals surface area contributed by atoms with Crippen molar-refractivity contribution in [1.29, 1.82) is 0 Å². The molecule has 25 heavy (non-hydrogen) atoms. The number of carbonyl (C=O) groups is 1. The molecule has 4 nitrogen and oxygen atoms in total. The quantitative estimate of drug-likeness (QED) is 0.625. The Kier molecular flexibility index (Phi) is 4.59. The van der Waals surface area contributed by atoms with Gasteiger partial charge in [-0.05, 0) is 31.0 Å². The van der Waals surface area contributed by atoms with Crippen molar-refractivity contribution in [3.63, 3.8) is 0 Å². The first-order valence-electron chi connectivity index (χ1n) is 8.22. The smallest absolute Gasteiger partial charge is 0.229 e. The molecule has 1 saturated carbocycles. The molecule has 3 aromatic rings. The average Bonchev–Trinajstić information content (AvgIpc) is 3.12. The van der Waals surface area contributed by atoms with E-state index in [0.717, 1.165) is 34.9 Å². The molecule has 128 valence electrons. The molecule has 6 heteroatoms. The Balaban J connectivity index is 1.48. The van der Waals surface area contributed by atoms with Crippen molar-refractivity contribution < 1.29 is 9.21 Å². The zero-order valence-corrected chi connectivity index (χ0v) is 15.1. The molecule has 0 radical (unpaired) electrons. The van der Waals surface area contributed by atoms with E-state index in [2.05, 4.69) is 4.98 Å². The predicted octanol–water partition coefficient (Wildman–Crippen LogP) is 4.79. The Morgan fingerprint density at radius 3 is 2.84 bits per heavy atom. The summed E-state index contributed by atoms with van der Waals surface area (Å²) in [6, 6.07) is 11.7. The molecule has 0 spiro atoms. The molecule has 0 aliphatic heterocycles. The summed E-state index contributed by atoms with van der Waals surface area (Å²) < 4.78 is 5.40. The number of thiazole rings is 1. The van der Waals surface area contributed by atoms with Gasteiger partial charge in [0, 0.05) is 17.0 Å². The van der Waals surface area contributed by atoms with Crippen LogP contribution in [0.2, 0.25) is 5.02 Å². The Labute approximate surface area is 155 Å². The normalized spacial score (nSPS) is 13.8. The highest BCUT2D eigenvalue weighted by Gasteiger charge is 2.33. The number of hydrogen-bond acceptors (Lipinski definition) is 4. The number of carbonyl (C=O) groups excluding carboxylic acids is 1. The topological polar surface area (TPSA) is 46.3 Å². The maximum Gasteiger partial charge on any atom is 0.229 e. The van der Waals surface area contributed by atoms with E-state index in [0.29, 0.717) is 24.0 Å². The number of amides is 1. The van der Waals surface area contributed by atoms with Gasteiger partial charge in [0.05, 0.1) is 29.9 Å². The molecule has 1 fully saturated rings. The SMILES string of the molecule is O=C(Cc1csc(-c2ccccc2Cl)n1)N(Cc1ccco1)C1CC1. The molecule has 0 N–H and O–H groups in total. The van der Waals surface area contributed by atoms with Crippen LogP contribution in [0.15, 0.2) is 52.5 Å². The minimum absolute atomic E-state index is 0.0925. The van der Waals surface area contributed by atoms with Crippen LogP contribution in [0.3, 0.4) is 0 Å². The molecular formula is C19H17ClN2O2S. The van der Waals surface area contributed by atoms with Crippen molar-refractivity contribution in [2.75, 3.05) is 0 Å². The molecule has 2 aromatic heterocycles. The molecule has 1 aliphatic carbocycles. The molecule has 0 bridgehead atoms. The van der Waals surface area contributed by atoms with Crippen LogP contribution in [0.5, 0.6) is 0 Å². The van der Waals surface area contributed by atoms with E-state index < -0.39 is 0 Å². The predicted molar refractivity (Wildman–Crippen MR) is 98.5 cm³/mol. The molecule has 0 atom stereocenters. The number of benzene rings is 1. The fourth-order valence-corrected chi connectivity index (χ4v) is 3.92. The van der Waals surface area contributed by atoms with Crippen LogP contribution in [-0.2, 0) is 17.8 Å². The second-order valence-electron chi connectivity index (χ2n) is 6.13. The van der Waals surface area contributed by atoms with Gasteiger partial charge in [0.1, 0.15) is 10.8 Å². The Bertz CT molecular complexity index is 871. The van der Waals surface area contributed by atoms with Gasteiger partial charge in [-0.2, -0.15) is 0 Å². The molecule has 0 saturated heterocycles. The van der Waals surface area contributed by atoms with E-state index in [4.69, 9.17) is 16.0 Å². The van der Waals surface area contributed by atoms with Crippen molar-refractivity contribution in [3.05, 3.63) is 64.5 Å². The highest BCUT2D eigenvalue weighted by atomic mass is 35.5. The number of rotatable bonds is 6. The summed E-state index contributed by atoms with van der Waals surface area (Å²) >= 11 is 7.75. The minimum atomic E-state index is 0.0925. The lowest BCUT2D eigenvalue weighted by Gasteiger charge is -2.20. The number of halogens is 1. The lowest BCUT2D eigenvalue weighted by Crippen LogP contribution is -2.33. The van der Waals surface area contributed by atoms with E-state index in [9.17, 15) is 4.79 Å². The zero-order chi connectivity index (χ0) is 17.2. The van der Waals surface area contributed by atoms with Crippen LogP contribution in [0, 0.1) is 0 Å². The summed E-state index contributed by atoms with van der Waals surface area (Å²) in [6.45, 7) is 0.526. The van der Waals surface area contributed by atoms with Gasteiger partial charge in [0.2, 0.25) is 5.91 Å².